The standard InChI is InChI=1S/C7H14Cl2/c1-7(2,3)6(4-8)5-9/h6H,4-5H2,1-3H3. The Morgan fingerprint density at radius 1 is 1.11 bits per heavy atom. The molecule has 0 N–H and O–H groups in total. The number of hydrogen-bond donors (Lipinski definition) is 0. The van der Waals surface area contributed by atoms with Gasteiger partial charge in [0.25, 0.3) is 0 Å². The molecule has 0 amide bonds. The Morgan fingerprint density at radius 3 is 1.44 bits per heavy atom. The summed E-state index contributed by atoms with van der Waals surface area (Å²) in [6.45, 7) is 6.47. The fraction of sp³-hybridized carbons (Fsp3) is 1.00. The largest absolute Gasteiger partial charge is 0.126 e. The first-order chi connectivity index (χ1) is 4.02. The van der Waals surface area contributed by atoms with Crippen LogP contribution < -0.4 is 0 Å². The molecule has 0 bridgehead atoms. The minimum atomic E-state index is 0.253. The van der Waals surface area contributed by atoms with Crippen molar-refractivity contribution in [2.24, 2.45) is 11.3 Å². The van der Waals surface area contributed by atoms with Gasteiger partial charge in [-0.25, -0.2) is 0 Å². The van der Waals surface area contributed by atoms with Gasteiger partial charge in [0.15, 0.2) is 0 Å². The lowest BCUT2D eigenvalue weighted by atomic mass is 9.83. The summed E-state index contributed by atoms with van der Waals surface area (Å²) in [7, 11) is 0. The molecule has 0 unspecified atom stereocenters. The smallest absolute Gasteiger partial charge is 0.0268 e. The van der Waals surface area contributed by atoms with Crippen molar-refractivity contribution >= 4 is 23.2 Å². The summed E-state index contributed by atoms with van der Waals surface area (Å²) in [6.07, 6.45) is 0. The third kappa shape index (κ3) is 3.32. The van der Waals surface area contributed by atoms with E-state index in [9.17, 15) is 0 Å². The predicted octanol–water partition coefficient (Wildman–Crippen LogP) is 3.13. The molecule has 0 spiro atoms. The predicted molar refractivity (Wildman–Crippen MR) is 44.4 cm³/mol. The molecular weight excluding hydrogens is 155 g/mol. The molecule has 0 aromatic rings. The van der Waals surface area contributed by atoms with Gasteiger partial charge in [-0.1, -0.05) is 20.8 Å². The van der Waals surface area contributed by atoms with E-state index >= 15 is 0 Å². The van der Waals surface area contributed by atoms with Crippen molar-refractivity contribution in [1.29, 1.82) is 0 Å². The average molecular weight is 169 g/mol. The summed E-state index contributed by atoms with van der Waals surface area (Å²) >= 11 is 11.3. The molecule has 0 aliphatic rings. The van der Waals surface area contributed by atoms with Gasteiger partial charge < -0.3 is 0 Å². The Bertz CT molecular complexity index is 69.5. The number of hydrogen-bond acceptors (Lipinski definition) is 0. The van der Waals surface area contributed by atoms with Gasteiger partial charge >= 0.3 is 0 Å². The molecule has 0 nitrogen and oxygen atoms in total. The first-order valence-corrected chi connectivity index (χ1v) is 4.21. The van der Waals surface area contributed by atoms with E-state index in [2.05, 4.69) is 20.8 Å². The van der Waals surface area contributed by atoms with Gasteiger partial charge in [0.1, 0.15) is 0 Å². The van der Waals surface area contributed by atoms with Crippen LogP contribution in [0.15, 0.2) is 0 Å². The maximum absolute atomic E-state index is 5.67. The third-order valence-corrected chi connectivity index (χ3v) is 2.34. The number of alkyl halides is 2. The highest BCUT2D eigenvalue weighted by Gasteiger charge is 2.22. The van der Waals surface area contributed by atoms with Gasteiger partial charge in [0.05, 0.1) is 0 Å². The molecule has 0 aliphatic carbocycles. The zero-order chi connectivity index (χ0) is 7.49. The van der Waals surface area contributed by atoms with E-state index in [4.69, 9.17) is 23.2 Å². The van der Waals surface area contributed by atoms with Crippen LogP contribution in [0, 0.1) is 11.3 Å². The van der Waals surface area contributed by atoms with Crippen molar-refractivity contribution < 1.29 is 0 Å². The van der Waals surface area contributed by atoms with Crippen molar-refractivity contribution in [3.8, 4) is 0 Å². The minimum Gasteiger partial charge on any atom is -0.126 e. The van der Waals surface area contributed by atoms with Crippen LogP contribution in [0.1, 0.15) is 20.8 Å². The van der Waals surface area contributed by atoms with Crippen LogP contribution in [0.25, 0.3) is 0 Å². The van der Waals surface area contributed by atoms with E-state index < -0.39 is 0 Å². The summed E-state index contributed by atoms with van der Waals surface area (Å²) in [5, 5.41) is 0. The van der Waals surface area contributed by atoms with Crippen LogP contribution >= 0.6 is 23.2 Å². The van der Waals surface area contributed by atoms with Gasteiger partial charge in [-0.2, -0.15) is 0 Å². The first kappa shape index (κ1) is 9.58. The van der Waals surface area contributed by atoms with Gasteiger partial charge in [0.2, 0.25) is 0 Å². The van der Waals surface area contributed by atoms with E-state index in [0.717, 1.165) is 0 Å². The highest BCUT2D eigenvalue weighted by atomic mass is 35.5. The van der Waals surface area contributed by atoms with E-state index in [0.29, 0.717) is 17.7 Å². The maximum atomic E-state index is 5.67. The summed E-state index contributed by atoms with van der Waals surface area (Å²) in [4.78, 5) is 0. The van der Waals surface area contributed by atoms with E-state index in [1.54, 1.807) is 0 Å². The second-order valence-electron chi connectivity index (χ2n) is 3.37. The second-order valence-corrected chi connectivity index (χ2v) is 3.99. The Kier molecular flexibility index (Phi) is 3.91. The molecule has 0 saturated carbocycles. The van der Waals surface area contributed by atoms with E-state index in [1.807, 2.05) is 0 Å². The monoisotopic (exact) mass is 168 g/mol. The second kappa shape index (κ2) is 3.68. The van der Waals surface area contributed by atoms with Crippen molar-refractivity contribution in [1.82, 2.24) is 0 Å². The van der Waals surface area contributed by atoms with E-state index in [-0.39, 0.29) is 5.41 Å². The lowest BCUT2D eigenvalue weighted by Gasteiger charge is -2.26. The molecule has 0 radical (unpaired) electrons. The van der Waals surface area contributed by atoms with Crippen molar-refractivity contribution in [2.45, 2.75) is 20.8 Å². The van der Waals surface area contributed by atoms with Crippen molar-refractivity contribution in [2.75, 3.05) is 11.8 Å². The molecular formula is C7H14Cl2. The fourth-order valence-corrected chi connectivity index (χ4v) is 1.76. The Labute approximate surface area is 67.5 Å². The zero-order valence-electron chi connectivity index (χ0n) is 6.25. The molecule has 9 heavy (non-hydrogen) atoms. The fourth-order valence-electron chi connectivity index (χ4n) is 0.504. The van der Waals surface area contributed by atoms with Crippen molar-refractivity contribution in [3.63, 3.8) is 0 Å². The molecule has 56 valence electrons. The molecule has 0 aromatic carbocycles. The van der Waals surface area contributed by atoms with Crippen LogP contribution in [0.5, 0.6) is 0 Å². The van der Waals surface area contributed by atoms with Gasteiger partial charge in [-0.15, -0.1) is 23.2 Å². The van der Waals surface area contributed by atoms with Crippen LogP contribution in [-0.4, -0.2) is 11.8 Å². The lowest BCUT2D eigenvalue weighted by molar-refractivity contribution is 0.291. The van der Waals surface area contributed by atoms with Gasteiger partial charge in [-0.3, -0.25) is 0 Å². The third-order valence-electron chi connectivity index (χ3n) is 1.60. The summed E-state index contributed by atoms with van der Waals surface area (Å²) < 4.78 is 0. The quantitative estimate of drug-likeness (QED) is 0.557. The Balaban J connectivity index is 3.79. The highest BCUT2D eigenvalue weighted by Crippen LogP contribution is 2.27. The molecule has 0 saturated heterocycles. The first-order valence-electron chi connectivity index (χ1n) is 3.14. The van der Waals surface area contributed by atoms with Crippen LogP contribution in [0.3, 0.4) is 0 Å². The maximum Gasteiger partial charge on any atom is 0.0268 e. The summed E-state index contributed by atoms with van der Waals surface area (Å²) in [5.41, 5.74) is 0.253. The lowest BCUT2D eigenvalue weighted by Crippen LogP contribution is -2.23. The summed E-state index contributed by atoms with van der Waals surface area (Å²) in [6, 6.07) is 0. The van der Waals surface area contributed by atoms with Gasteiger partial charge in [0, 0.05) is 11.8 Å². The zero-order valence-corrected chi connectivity index (χ0v) is 7.76. The minimum absolute atomic E-state index is 0.253. The normalized spacial score (nSPS) is 12.7. The van der Waals surface area contributed by atoms with Gasteiger partial charge in [-0.05, 0) is 11.3 Å². The Hall–Kier alpha value is 0.580. The Morgan fingerprint density at radius 2 is 1.44 bits per heavy atom. The molecule has 0 fully saturated rings. The topological polar surface area (TPSA) is 0 Å². The molecule has 0 rings (SSSR count). The molecule has 0 atom stereocenters. The van der Waals surface area contributed by atoms with Crippen LogP contribution in [0.2, 0.25) is 0 Å². The number of halogens is 2. The summed E-state index contributed by atoms with van der Waals surface area (Å²) in [5.74, 6) is 1.75. The van der Waals surface area contributed by atoms with E-state index in [1.165, 1.54) is 0 Å². The average Bonchev–Trinajstić information content (AvgIpc) is 1.65. The van der Waals surface area contributed by atoms with Crippen LogP contribution in [0.4, 0.5) is 0 Å². The van der Waals surface area contributed by atoms with Crippen LogP contribution in [-0.2, 0) is 0 Å². The molecule has 2 heteroatoms. The molecule has 0 aromatic heterocycles. The molecule has 0 aliphatic heterocycles. The highest BCUT2D eigenvalue weighted by molar-refractivity contribution is 6.20. The number of rotatable bonds is 2. The SMILES string of the molecule is CC(C)(C)C(CCl)CCl. The molecule has 0 heterocycles. The van der Waals surface area contributed by atoms with Crippen molar-refractivity contribution in [3.05, 3.63) is 0 Å².